The van der Waals surface area contributed by atoms with E-state index in [4.69, 9.17) is 9.16 Å². The van der Waals surface area contributed by atoms with E-state index in [0.29, 0.717) is 6.42 Å². The monoisotopic (exact) mass is 627 g/mol. The highest BCUT2D eigenvalue weighted by atomic mass is 127. The molecule has 200 valence electrons. The van der Waals surface area contributed by atoms with Crippen molar-refractivity contribution in [2.75, 3.05) is 6.61 Å². The van der Waals surface area contributed by atoms with Gasteiger partial charge in [-0.05, 0) is 46.7 Å². The Morgan fingerprint density at radius 2 is 1.86 bits per heavy atom. The maximum absolute atomic E-state index is 13.2. The molecule has 6 nitrogen and oxygen atoms in total. The van der Waals surface area contributed by atoms with Gasteiger partial charge in [-0.15, -0.1) is 0 Å². The van der Waals surface area contributed by atoms with Crippen LogP contribution in [-0.4, -0.2) is 55.2 Å². The molecular weight excluding hydrogens is 585 g/mol. The van der Waals surface area contributed by atoms with E-state index in [0.717, 1.165) is 11.1 Å². The van der Waals surface area contributed by atoms with Gasteiger partial charge in [0.15, 0.2) is 8.32 Å². The van der Waals surface area contributed by atoms with E-state index in [1.807, 2.05) is 40.5 Å². The van der Waals surface area contributed by atoms with E-state index in [9.17, 15) is 14.7 Å². The Hall–Kier alpha value is -1.49. The Labute approximate surface area is 231 Å². The second-order valence-corrected chi connectivity index (χ2v) is 16.7. The highest BCUT2D eigenvalue weighted by Crippen LogP contribution is 2.39. The Morgan fingerprint density at radius 3 is 2.42 bits per heavy atom. The Morgan fingerprint density at radius 1 is 1.25 bits per heavy atom. The molecule has 2 amide bonds. The van der Waals surface area contributed by atoms with Crippen molar-refractivity contribution in [1.29, 1.82) is 0 Å². The van der Waals surface area contributed by atoms with Crippen LogP contribution in [0.3, 0.4) is 0 Å². The standard InChI is InChI=1S/C28H42INO5Si/c1-19(25(20(2)17-29)35-36(7,8)28(4,5)6)14-15-24(31)21(3)26(32)30-23(18-34-27(30)33)16-22-12-10-9-11-13-22/h9-15,17,19,21,23-25,31H,16,18H2,1-8H3/b15-14+,20-17+/t19-,21+,23+,24-,25+/m0/s1. The van der Waals surface area contributed by atoms with E-state index in [2.05, 4.69) is 70.3 Å². The summed E-state index contributed by atoms with van der Waals surface area (Å²) in [5.74, 6) is -1.23. The van der Waals surface area contributed by atoms with Crippen LogP contribution >= 0.6 is 22.6 Å². The number of carbonyl (C=O) groups is 2. The topological polar surface area (TPSA) is 76.1 Å². The number of benzene rings is 1. The Bertz CT molecular complexity index is 956. The van der Waals surface area contributed by atoms with Crippen molar-refractivity contribution in [1.82, 2.24) is 4.90 Å². The number of nitrogens with zero attached hydrogens (tertiary/aromatic N) is 1. The van der Waals surface area contributed by atoms with Crippen LogP contribution in [0.1, 0.15) is 47.1 Å². The van der Waals surface area contributed by atoms with E-state index < -0.39 is 32.3 Å². The van der Waals surface area contributed by atoms with Crippen molar-refractivity contribution in [3.63, 3.8) is 0 Å². The molecule has 1 aromatic rings. The lowest BCUT2D eigenvalue weighted by Crippen LogP contribution is -2.46. The van der Waals surface area contributed by atoms with Crippen LogP contribution in [0.25, 0.3) is 0 Å². The van der Waals surface area contributed by atoms with Crippen LogP contribution in [-0.2, 0) is 20.4 Å². The number of carbonyl (C=O) groups excluding carboxylic acids is 2. The van der Waals surface area contributed by atoms with Crippen LogP contribution in [0, 0.1) is 11.8 Å². The van der Waals surface area contributed by atoms with Gasteiger partial charge in [0.1, 0.15) is 6.61 Å². The van der Waals surface area contributed by atoms with Crippen molar-refractivity contribution in [3.05, 3.63) is 57.7 Å². The van der Waals surface area contributed by atoms with E-state index in [-0.39, 0.29) is 29.7 Å². The largest absolute Gasteiger partial charge is 0.447 e. The molecule has 36 heavy (non-hydrogen) atoms. The van der Waals surface area contributed by atoms with Gasteiger partial charge in [-0.2, -0.15) is 0 Å². The van der Waals surface area contributed by atoms with Gasteiger partial charge in [-0.1, -0.05) is 99.7 Å². The first-order valence-electron chi connectivity index (χ1n) is 12.5. The molecule has 0 radical (unpaired) electrons. The van der Waals surface area contributed by atoms with Crippen molar-refractivity contribution in [2.24, 2.45) is 11.8 Å². The minimum absolute atomic E-state index is 0.00956. The number of imide groups is 1. The van der Waals surface area contributed by atoms with Gasteiger partial charge in [-0.25, -0.2) is 9.69 Å². The van der Waals surface area contributed by atoms with Crippen molar-refractivity contribution < 1.29 is 23.9 Å². The zero-order valence-electron chi connectivity index (χ0n) is 22.8. The third kappa shape index (κ3) is 7.75. The fourth-order valence-corrected chi connectivity index (χ4v) is 5.60. The molecule has 2 rings (SSSR count). The lowest BCUT2D eigenvalue weighted by molar-refractivity contribution is -0.135. The molecule has 0 bridgehead atoms. The predicted octanol–water partition coefficient (Wildman–Crippen LogP) is 6.50. The zero-order chi connectivity index (χ0) is 27.3. The number of aliphatic hydroxyl groups is 1. The number of amides is 2. The van der Waals surface area contributed by atoms with Gasteiger partial charge < -0.3 is 14.3 Å². The molecule has 0 saturated carbocycles. The molecule has 5 atom stereocenters. The maximum atomic E-state index is 13.2. The molecule has 0 spiro atoms. The summed E-state index contributed by atoms with van der Waals surface area (Å²) in [5, 5.41) is 10.9. The summed E-state index contributed by atoms with van der Waals surface area (Å²) in [6.07, 6.45) is 2.28. The highest BCUT2D eigenvalue weighted by Gasteiger charge is 2.42. The minimum Gasteiger partial charge on any atom is -0.447 e. The number of cyclic esters (lactones) is 1. The molecule has 0 unspecified atom stereocenters. The lowest BCUT2D eigenvalue weighted by atomic mass is 9.95. The maximum Gasteiger partial charge on any atom is 0.416 e. The first-order chi connectivity index (χ1) is 16.7. The number of hydrogen-bond acceptors (Lipinski definition) is 5. The minimum atomic E-state index is -2.02. The van der Waals surface area contributed by atoms with Crippen molar-refractivity contribution in [3.8, 4) is 0 Å². The molecule has 0 aliphatic carbocycles. The van der Waals surface area contributed by atoms with E-state index in [1.165, 1.54) is 4.90 Å². The van der Waals surface area contributed by atoms with Crippen LogP contribution < -0.4 is 0 Å². The molecule has 1 N–H and O–H groups in total. The Balaban J connectivity index is 2.12. The highest BCUT2D eigenvalue weighted by molar-refractivity contribution is 14.1. The fourth-order valence-electron chi connectivity index (χ4n) is 3.86. The van der Waals surface area contributed by atoms with Crippen LogP contribution in [0.15, 0.2) is 52.1 Å². The predicted molar refractivity (Wildman–Crippen MR) is 155 cm³/mol. The lowest BCUT2D eigenvalue weighted by Gasteiger charge is -2.41. The van der Waals surface area contributed by atoms with Gasteiger partial charge in [0.25, 0.3) is 0 Å². The first kappa shape index (κ1) is 30.7. The second-order valence-electron chi connectivity index (χ2n) is 11.3. The van der Waals surface area contributed by atoms with Crippen LogP contribution in [0.4, 0.5) is 4.79 Å². The summed E-state index contributed by atoms with van der Waals surface area (Å²) in [7, 11) is -2.02. The molecule has 1 aliphatic rings. The first-order valence-corrected chi connectivity index (χ1v) is 16.7. The average Bonchev–Trinajstić information content (AvgIpc) is 3.18. The fraction of sp³-hybridized carbons (Fsp3) is 0.571. The SMILES string of the molecule is C/C(=C\I)[C@H](O[Si](C)(C)C(C)(C)C)[C@@H](C)/C=C/[C@H](O)[C@@H](C)C(=O)N1C(=O)OC[C@H]1Cc1ccccc1. The molecule has 1 saturated heterocycles. The number of rotatable bonds is 10. The van der Waals surface area contributed by atoms with Gasteiger partial charge in [0, 0.05) is 5.92 Å². The van der Waals surface area contributed by atoms with Gasteiger partial charge >= 0.3 is 6.09 Å². The number of hydrogen-bond donors (Lipinski definition) is 1. The smallest absolute Gasteiger partial charge is 0.416 e. The summed E-state index contributed by atoms with van der Waals surface area (Å²) in [5.41, 5.74) is 2.15. The van der Waals surface area contributed by atoms with E-state index >= 15 is 0 Å². The quantitative estimate of drug-likeness (QED) is 0.182. The zero-order valence-corrected chi connectivity index (χ0v) is 26.0. The molecule has 1 heterocycles. The summed E-state index contributed by atoms with van der Waals surface area (Å²) in [4.78, 5) is 26.8. The molecule has 0 aromatic heterocycles. The normalized spacial score (nSPS) is 20.8. The van der Waals surface area contributed by atoms with Gasteiger partial charge in [0.2, 0.25) is 5.91 Å². The third-order valence-corrected chi connectivity index (χ3v) is 12.8. The molecule has 1 fully saturated rings. The van der Waals surface area contributed by atoms with Crippen LogP contribution in [0.2, 0.25) is 18.1 Å². The van der Waals surface area contributed by atoms with Crippen molar-refractivity contribution >= 4 is 42.9 Å². The summed E-state index contributed by atoms with van der Waals surface area (Å²) < 4.78 is 13.9. The number of halogens is 1. The average molecular weight is 628 g/mol. The third-order valence-electron chi connectivity index (χ3n) is 7.35. The van der Waals surface area contributed by atoms with E-state index in [1.54, 1.807) is 13.0 Å². The van der Waals surface area contributed by atoms with Gasteiger partial charge in [-0.3, -0.25) is 4.79 Å². The molecule has 1 aromatic carbocycles. The Kier molecular flexibility index (Phi) is 11.0. The summed E-state index contributed by atoms with van der Waals surface area (Å²) in [6, 6.07) is 9.31. The second kappa shape index (κ2) is 12.8. The summed E-state index contributed by atoms with van der Waals surface area (Å²) in [6.45, 7) is 17.0. The van der Waals surface area contributed by atoms with Gasteiger partial charge in [0.05, 0.1) is 24.2 Å². The molecule has 1 aliphatic heterocycles. The van der Waals surface area contributed by atoms with Crippen molar-refractivity contribution in [2.45, 2.75) is 84.3 Å². The molecular formula is C28H42INO5Si. The number of ether oxygens (including phenoxy) is 1. The van der Waals surface area contributed by atoms with Crippen LogP contribution in [0.5, 0.6) is 0 Å². The summed E-state index contributed by atoms with van der Waals surface area (Å²) >= 11 is 2.23. The number of aliphatic hydroxyl groups excluding tert-OH is 1. The molecule has 8 heteroatoms.